The Hall–Kier alpha value is -3.65. The van der Waals surface area contributed by atoms with Crippen molar-refractivity contribution in [3.05, 3.63) is 87.5 Å². The van der Waals surface area contributed by atoms with Gasteiger partial charge in [-0.15, -0.1) is 0 Å². The number of aromatic nitrogens is 2. The normalized spacial score (nSPS) is 14.8. The Morgan fingerprint density at radius 2 is 1.80 bits per heavy atom. The predicted octanol–water partition coefficient (Wildman–Crippen LogP) is -0.128. The van der Waals surface area contributed by atoms with Crippen molar-refractivity contribution >= 4 is 17.8 Å². The first-order valence-electron chi connectivity index (χ1n) is 9.71. The van der Waals surface area contributed by atoms with Crippen molar-refractivity contribution in [2.45, 2.75) is 12.7 Å². The fraction of sp³-hybridized carbons (Fsp3) is 0.227. The summed E-state index contributed by atoms with van der Waals surface area (Å²) in [5.41, 5.74) is 1.86. The molecule has 30 heavy (non-hydrogen) atoms. The molecule has 8 heteroatoms. The van der Waals surface area contributed by atoms with Gasteiger partial charge in [0.05, 0.1) is 6.61 Å². The minimum absolute atomic E-state index is 0.148. The summed E-state index contributed by atoms with van der Waals surface area (Å²) in [6.45, 7) is -0.181. The Morgan fingerprint density at radius 1 is 1.13 bits per heavy atom. The molecule has 0 bridgehead atoms. The number of hydrogen-bond donors (Lipinski definition) is 2. The van der Waals surface area contributed by atoms with E-state index in [0.29, 0.717) is 16.5 Å². The maximum atomic E-state index is 13.0. The van der Waals surface area contributed by atoms with Crippen molar-refractivity contribution < 1.29 is 9.90 Å². The molecule has 2 aromatic carbocycles. The third-order valence-corrected chi connectivity index (χ3v) is 5.09. The van der Waals surface area contributed by atoms with Crippen molar-refractivity contribution in [3.8, 4) is 0 Å². The zero-order valence-corrected chi connectivity index (χ0v) is 16.6. The van der Waals surface area contributed by atoms with Crippen LogP contribution in [0, 0.1) is 0 Å². The summed E-state index contributed by atoms with van der Waals surface area (Å²) in [4.78, 5) is 32.0. The monoisotopic (exact) mass is 405 g/mol. The van der Waals surface area contributed by atoms with Crippen LogP contribution in [0.4, 0.5) is 5.69 Å². The van der Waals surface area contributed by atoms with E-state index in [-0.39, 0.29) is 37.5 Å². The highest BCUT2D eigenvalue weighted by atomic mass is 16.3. The highest BCUT2D eigenvalue weighted by Crippen LogP contribution is 2.14. The summed E-state index contributed by atoms with van der Waals surface area (Å²) >= 11 is 0. The van der Waals surface area contributed by atoms with E-state index in [1.807, 2.05) is 48.5 Å². The third-order valence-electron chi connectivity index (χ3n) is 5.09. The number of para-hydroxylation sites is 1. The Bertz CT molecular complexity index is 1220. The average Bonchev–Trinajstić information content (AvgIpc) is 3.03. The van der Waals surface area contributed by atoms with Gasteiger partial charge in [-0.05, 0) is 17.7 Å². The van der Waals surface area contributed by atoms with Crippen LogP contribution < -0.4 is 26.7 Å². The SMILES string of the molecule is Cn1c2c(n(CC(=O)N(CCO)c3ccccc3)c1=O)=CNC(c1ccccc1)N=2. The molecule has 1 amide bonds. The molecule has 1 atom stereocenters. The molecule has 154 valence electrons. The lowest BCUT2D eigenvalue weighted by atomic mass is 10.2. The van der Waals surface area contributed by atoms with E-state index >= 15 is 0 Å². The van der Waals surface area contributed by atoms with E-state index in [0.717, 1.165) is 5.56 Å². The molecule has 1 aliphatic heterocycles. The highest BCUT2D eigenvalue weighted by molar-refractivity contribution is 5.93. The number of anilines is 1. The smallest absolute Gasteiger partial charge is 0.330 e. The van der Waals surface area contributed by atoms with E-state index < -0.39 is 0 Å². The van der Waals surface area contributed by atoms with Gasteiger partial charge in [-0.3, -0.25) is 13.9 Å². The molecule has 0 radical (unpaired) electrons. The van der Waals surface area contributed by atoms with E-state index in [9.17, 15) is 14.7 Å². The van der Waals surface area contributed by atoms with E-state index in [4.69, 9.17) is 0 Å². The zero-order valence-electron chi connectivity index (χ0n) is 16.6. The summed E-state index contributed by atoms with van der Waals surface area (Å²) in [5, 5.41) is 13.2. The number of fused-ring (bicyclic) bond motifs is 1. The standard InChI is InChI=1S/C22H23N5O3/c1-25-21-18(14-23-20(24-21)16-8-4-2-5-9-16)27(22(25)30)15-19(29)26(12-13-28)17-10-6-3-7-11-17/h2-11,14,20,23,28H,12-13,15H2,1H3. The maximum Gasteiger partial charge on any atom is 0.330 e. The quantitative estimate of drug-likeness (QED) is 0.598. The van der Waals surface area contributed by atoms with Gasteiger partial charge in [-0.1, -0.05) is 48.5 Å². The number of benzene rings is 2. The number of nitrogens with one attached hydrogen (secondary N) is 1. The molecule has 0 saturated heterocycles. The van der Waals surface area contributed by atoms with Gasteiger partial charge in [-0.2, -0.15) is 0 Å². The van der Waals surface area contributed by atoms with E-state index in [2.05, 4.69) is 10.3 Å². The Morgan fingerprint density at radius 3 is 2.47 bits per heavy atom. The molecular formula is C22H23N5O3. The molecular weight excluding hydrogens is 382 g/mol. The number of carbonyl (C=O) groups excluding carboxylic acids is 1. The van der Waals surface area contributed by atoms with E-state index in [1.54, 1.807) is 25.4 Å². The topological polar surface area (TPSA) is 91.9 Å². The molecule has 0 spiro atoms. The molecule has 2 N–H and O–H groups in total. The van der Waals surface area contributed by atoms with Gasteiger partial charge in [0.25, 0.3) is 0 Å². The molecule has 1 unspecified atom stereocenters. The fourth-order valence-electron chi connectivity index (χ4n) is 3.57. The number of rotatable bonds is 6. The summed E-state index contributed by atoms with van der Waals surface area (Å²) < 4.78 is 2.86. The van der Waals surface area contributed by atoms with Gasteiger partial charge in [0.15, 0.2) is 5.49 Å². The van der Waals surface area contributed by atoms with Gasteiger partial charge in [0.2, 0.25) is 5.91 Å². The summed E-state index contributed by atoms with van der Waals surface area (Å²) in [5.74, 6) is -0.288. The van der Waals surface area contributed by atoms with Crippen molar-refractivity contribution in [1.82, 2.24) is 14.5 Å². The number of imidazole rings is 1. The van der Waals surface area contributed by atoms with Crippen LogP contribution in [-0.2, 0) is 18.4 Å². The number of aliphatic hydroxyl groups is 1. The second-order valence-corrected chi connectivity index (χ2v) is 6.99. The number of amides is 1. The number of hydrogen-bond acceptors (Lipinski definition) is 5. The molecule has 4 rings (SSSR count). The maximum absolute atomic E-state index is 13.0. The molecule has 0 aliphatic carbocycles. The summed E-state index contributed by atoms with van der Waals surface area (Å²) in [7, 11) is 1.65. The minimum atomic E-state index is -0.319. The van der Waals surface area contributed by atoms with Crippen LogP contribution in [0.25, 0.3) is 6.20 Å². The number of carbonyl (C=O) groups is 1. The average molecular weight is 405 g/mol. The van der Waals surface area contributed by atoms with Crippen LogP contribution in [0.1, 0.15) is 11.7 Å². The van der Waals surface area contributed by atoms with Gasteiger partial charge in [0.1, 0.15) is 18.1 Å². The lowest BCUT2D eigenvalue weighted by molar-refractivity contribution is -0.119. The second kappa shape index (κ2) is 8.38. The summed E-state index contributed by atoms with van der Waals surface area (Å²) in [6.07, 6.45) is 1.43. The van der Waals surface area contributed by atoms with Crippen LogP contribution in [0.15, 0.2) is 70.5 Å². The second-order valence-electron chi connectivity index (χ2n) is 6.99. The van der Waals surface area contributed by atoms with Gasteiger partial charge >= 0.3 is 5.69 Å². The zero-order chi connectivity index (χ0) is 21.1. The van der Waals surface area contributed by atoms with Crippen molar-refractivity contribution in [3.63, 3.8) is 0 Å². The van der Waals surface area contributed by atoms with Crippen LogP contribution in [0.3, 0.4) is 0 Å². The summed E-state index contributed by atoms with van der Waals surface area (Å²) in [6, 6.07) is 18.8. The minimum Gasteiger partial charge on any atom is -0.395 e. The highest BCUT2D eigenvalue weighted by Gasteiger charge is 2.21. The largest absolute Gasteiger partial charge is 0.395 e. The van der Waals surface area contributed by atoms with Crippen LogP contribution in [0.2, 0.25) is 0 Å². The van der Waals surface area contributed by atoms with Crippen LogP contribution in [0.5, 0.6) is 0 Å². The van der Waals surface area contributed by atoms with Gasteiger partial charge in [0, 0.05) is 25.5 Å². The Kier molecular flexibility index (Phi) is 5.49. The molecule has 1 aliphatic rings. The first-order chi connectivity index (χ1) is 14.6. The molecule has 3 aromatic rings. The van der Waals surface area contributed by atoms with E-state index in [1.165, 1.54) is 14.0 Å². The number of aliphatic hydroxyl groups excluding tert-OH is 1. The Balaban J connectivity index is 1.69. The third kappa shape index (κ3) is 3.65. The van der Waals surface area contributed by atoms with Crippen molar-refractivity contribution in [2.75, 3.05) is 18.1 Å². The van der Waals surface area contributed by atoms with Crippen molar-refractivity contribution in [1.29, 1.82) is 0 Å². The molecule has 0 fully saturated rings. The van der Waals surface area contributed by atoms with Crippen LogP contribution in [-0.4, -0.2) is 33.3 Å². The first-order valence-corrected chi connectivity index (χ1v) is 9.71. The number of nitrogens with zero attached hydrogens (tertiary/aromatic N) is 4. The molecule has 0 saturated carbocycles. The van der Waals surface area contributed by atoms with Gasteiger partial charge < -0.3 is 15.3 Å². The molecule has 2 heterocycles. The van der Waals surface area contributed by atoms with Gasteiger partial charge in [-0.25, -0.2) is 9.79 Å². The fourth-order valence-corrected chi connectivity index (χ4v) is 3.57. The van der Waals surface area contributed by atoms with Crippen molar-refractivity contribution in [2.24, 2.45) is 12.0 Å². The lowest BCUT2D eigenvalue weighted by Crippen LogP contribution is -2.44. The van der Waals surface area contributed by atoms with Crippen LogP contribution >= 0.6 is 0 Å². The first kappa shape index (κ1) is 19.7. The Labute approximate surface area is 173 Å². The predicted molar refractivity (Wildman–Crippen MR) is 113 cm³/mol. The molecule has 1 aromatic heterocycles. The lowest BCUT2D eigenvalue weighted by Gasteiger charge is -2.22. The molecule has 8 nitrogen and oxygen atoms in total.